The first kappa shape index (κ1) is 20.2. The predicted octanol–water partition coefficient (Wildman–Crippen LogP) is 5.15. The second-order valence-corrected chi connectivity index (χ2v) is 11.4. The summed E-state index contributed by atoms with van der Waals surface area (Å²) >= 11 is 0. The standard InChI is InChI=1S/C21H28O6Si/c1-14(2)28(15(3)4,26-16-7-9-18(22-5)20(11-16)23-6)27-17-8-10-19-21(12-17)25-13-24-19/h7-12,14-15H,13H2,1-6H3. The third-order valence-corrected chi connectivity index (χ3v) is 9.19. The molecule has 1 heterocycles. The Morgan fingerprint density at radius 1 is 0.750 bits per heavy atom. The molecule has 0 spiro atoms. The zero-order valence-electron chi connectivity index (χ0n) is 17.3. The highest BCUT2D eigenvalue weighted by Crippen LogP contribution is 2.41. The fourth-order valence-electron chi connectivity index (χ4n) is 3.35. The predicted molar refractivity (Wildman–Crippen MR) is 109 cm³/mol. The maximum atomic E-state index is 6.60. The Balaban J connectivity index is 1.94. The number of hydrogen-bond acceptors (Lipinski definition) is 6. The zero-order chi connectivity index (χ0) is 20.3. The van der Waals surface area contributed by atoms with Gasteiger partial charge >= 0.3 is 8.56 Å². The van der Waals surface area contributed by atoms with E-state index in [9.17, 15) is 0 Å². The first-order valence-electron chi connectivity index (χ1n) is 9.39. The van der Waals surface area contributed by atoms with E-state index < -0.39 is 8.56 Å². The van der Waals surface area contributed by atoms with Crippen LogP contribution >= 0.6 is 0 Å². The quantitative estimate of drug-likeness (QED) is 0.567. The second kappa shape index (κ2) is 8.22. The molecule has 2 aromatic carbocycles. The number of fused-ring (bicyclic) bond motifs is 1. The summed E-state index contributed by atoms with van der Waals surface area (Å²) in [7, 11) is 0.504. The molecule has 0 fully saturated rings. The monoisotopic (exact) mass is 404 g/mol. The fourth-order valence-corrected chi connectivity index (χ4v) is 6.66. The molecule has 2 aromatic rings. The highest BCUT2D eigenvalue weighted by molar-refractivity contribution is 6.71. The van der Waals surface area contributed by atoms with Crippen LogP contribution in [0.4, 0.5) is 0 Å². The number of benzene rings is 2. The molecule has 0 aromatic heterocycles. The number of hydrogen-bond donors (Lipinski definition) is 0. The highest BCUT2D eigenvalue weighted by atomic mass is 28.4. The van der Waals surface area contributed by atoms with Crippen LogP contribution < -0.4 is 27.8 Å². The van der Waals surface area contributed by atoms with Crippen LogP contribution in [0.3, 0.4) is 0 Å². The molecule has 1 aliphatic heterocycles. The van der Waals surface area contributed by atoms with E-state index in [2.05, 4.69) is 27.7 Å². The second-order valence-electron chi connectivity index (χ2n) is 7.27. The van der Waals surface area contributed by atoms with Gasteiger partial charge in [-0.3, -0.25) is 0 Å². The van der Waals surface area contributed by atoms with Gasteiger partial charge in [-0.1, -0.05) is 27.7 Å². The highest BCUT2D eigenvalue weighted by Gasteiger charge is 2.49. The number of rotatable bonds is 8. The van der Waals surface area contributed by atoms with Crippen LogP contribution in [0.25, 0.3) is 0 Å². The summed E-state index contributed by atoms with van der Waals surface area (Å²) in [5, 5.41) is 0. The van der Waals surface area contributed by atoms with E-state index in [0.717, 1.165) is 11.5 Å². The van der Waals surface area contributed by atoms with Crippen molar-refractivity contribution in [1.29, 1.82) is 0 Å². The van der Waals surface area contributed by atoms with Crippen LogP contribution in [0, 0.1) is 0 Å². The lowest BCUT2D eigenvalue weighted by molar-refractivity contribution is 0.174. The Hall–Kier alpha value is -2.54. The molecule has 0 amide bonds. The molecule has 0 aliphatic carbocycles. The molecule has 7 heteroatoms. The van der Waals surface area contributed by atoms with Gasteiger partial charge < -0.3 is 27.8 Å². The minimum absolute atomic E-state index is 0.200. The van der Waals surface area contributed by atoms with Crippen LogP contribution in [0.1, 0.15) is 27.7 Å². The SMILES string of the molecule is COc1ccc(O[Si](Oc2ccc3c(c2)OCO3)(C(C)C)C(C)C)cc1OC. The molecule has 6 nitrogen and oxygen atoms in total. The van der Waals surface area contributed by atoms with Gasteiger partial charge in [0.25, 0.3) is 0 Å². The van der Waals surface area contributed by atoms with Crippen molar-refractivity contribution in [3.8, 4) is 34.5 Å². The minimum Gasteiger partial charge on any atom is -0.511 e. The fraction of sp³-hybridized carbons (Fsp3) is 0.429. The normalized spacial score (nSPS) is 13.0. The first-order chi connectivity index (χ1) is 13.4. The molecule has 3 rings (SSSR count). The summed E-state index contributed by atoms with van der Waals surface area (Å²) in [5.74, 6) is 4.13. The molecule has 0 bridgehead atoms. The third kappa shape index (κ3) is 3.85. The Morgan fingerprint density at radius 2 is 1.32 bits per heavy atom. The average molecular weight is 405 g/mol. The van der Waals surface area contributed by atoms with Gasteiger partial charge in [-0.05, 0) is 24.3 Å². The summed E-state index contributed by atoms with van der Waals surface area (Å²) in [5.41, 5.74) is 0.400. The topological polar surface area (TPSA) is 55.4 Å². The molecule has 0 saturated heterocycles. The Labute approximate surface area is 167 Å². The molecule has 28 heavy (non-hydrogen) atoms. The molecule has 0 unspecified atom stereocenters. The Bertz CT molecular complexity index is 813. The lowest BCUT2D eigenvalue weighted by atomic mass is 10.3. The van der Waals surface area contributed by atoms with Gasteiger partial charge in [0.05, 0.1) is 14.2 Å². The first-order valence-corrected chi connectivity index (χ1v) is 11.4. The summed E-state index contributed by atoms with van der Waals surface area (Å²) in [6.45, 7) is 8.79. The maximum Gasteiger partial charge on any atom is 0.465 e. The van der Waals surface area contributed by atoms with E-state index in [-0.39, 0.29) is 17.9 Å². The molecule has 0 radical (unpaired) electrons. The summed E-state index contributed by atoms with van der Waals surface area (Å²) in [4.78, 5) is 0. The van der Waals surface area contributed by atoms with Crippen molar-refractivity contribution in [2.75, 3.05) is 21.0 Å². The van der Waals surface area contributed by atoms with Gasteiger partial charge in [0.2, 0.25) is 6.79 Å². The van der Waals surface area contributed by atoms with E-state index in [1.54, 1.807) is 14.2 Å². The molecule has 0 saturated carbocycles. The smallest absolute Gasteiger partial charge is 0.465 e. The van der Waals surface area contributed by atoms with E-state index >= 15 is 0 Å². The van der Waals surface area contributed by atoms with Crippen molar-refractivity contribution in [3.05, 3.63) is 36.4 Å². The average Bonchev–Trinajstić information content (AvgIpc) is 3.14. The Kier molecular flexibility index (Phi) is 5.93. The van der Waals surface area contributed by atoms with Gasteiger partial charge in [0, 0.05) is 23.2 Å². The maximum absolute atomic E-state index is 6.60. The van der Waals surface area contributed by atoms with Gasteiger partial charge in [0.15, 0.2) is 23.0 Å². The van der Waals surface area contributed by atoms with Crippen LogP contribution in [0.15, 0.2) is 36.4 Å². The largest absolute Gasteiger partial charge is 0.511 e. The van der Waals surface area contributed by atoms with Gasteiger partial charge in [-0.15, -0.1) is 0 Å². The molecular formula is C21H28O6Si. The zero-order valence-corrected chi connectivity index (χ0v) is 18.3. The summed E-state index contributed by atoms with van der Waals surface area (Å²) in [6.07, 6.45) is 0. The van der Waals surface area contributed by atoms with Crippen molar-refractivity contribution in [2.24, 2.45) is 0 Å². The Morgan fingerprint density at radius 3 is 1.93 bits per heavy atom. The number of ether oxygens (including phenoxy) is 4. The van der Waals surface area contributed by atoms with Crippen molar-refractivity contribution in [3.63, 3.8) is 0 Å². The molecule has 152 valence electrons. The van der Waals surface area contributed by atoms with Crippen molar-refractivity contribution in [1.82, 2.24) is 0 Å². The molecule has 0 N–H and O–H groups in total. The van der Waals surface area contributed by atoms with Crippen LogP contribution in [0.2, 0.25) is 11.1 Å². The molecule has 0 atom stereocenters. The van der Waals surface area contributed by atoms with Crippen molar-refractivity contribution in [2.45, 2.75) is 38.8 Å². The van der Waals surface area contributed by atoms with E-state index in [0.29, 0.717) is 23.0 Å². The van der Waals surface area contributed by atoms with Crippen molar-refractivity contribution >= 4 is 8.56 Å². The van der Waals surface area contributed by atoms with Crippen molar-refractivity contribution < 1.29 is 27.8 Å². The van der Waals surface area contributed by atoms with Gasteiger partial charge in [0.1, 0.15) is 11.5 Å². The summed E-state index contributed by atoms with van der Waals surface area (Å²) in [6, 6.07) is 11.2. The minimum atomic E-state index is -2.72. The van der Waals surface area contributed by atoms with Gasteiger partial charge in [-0.2, -0.15) is 0 Å². The van der Waals surface area contributed by atoms with E-state index in [1.807, 2.05) is 36.4 Å². The lowest BCUT2D eigenvalue weighted by Gasteiger charge is -2.37. The van der Waals surface area contributed by atoms with Crippen LogP contribution in [-0.4, -0.2) is 29.6 Å². The lowest BCUT2D eigenvalue weighted by Crippen LogP contribution is -2.54. The number of methoxy groups -OCH3 is 2. The van der Waals surface area contributed by atoms with Crippen LogP contribution in [0.5, 0.6) is 34.5 Å². The molecule has 1 aliphatic rings. The van der Waals surface area contributed by atoms with Gasteiger partial charge in [-0.25, -0.2) is 0 Å². The van der Waals surface area contributed by atoms with E-state index in [4.69, 9.17) is 27.8 Å². The van der Waals surface area contributed by atoms with Crippen LogP contribution in [-0.2, 0) is 0 Å². The van der Waals surface area contributed by atoms with E-state index in [1.165, 1.54) is 0 Å². The summed E-state index contributed by atoms with van der Waals surface area (Å²) < 4.78 is 34.8. The third-order valence-electron chi connectivity index (χ3n) is 4.86. The molecular weight excluding hydrogens is 376 g/mol.